The number of rotatable bonds is 4. The van der Waals surface area contributed by atoms with E-state index in [-0.39, 0.29) is 11.4 Å². The molecule has 0 heterocycles. The van der Waals surface area contributed by atoms with Crippen LogP contribution in [0.3, 0.4) is 0 Å². The number of hydrogen-bond donors (Lipinski definition) is 0. The molecule has 0 saturated heterocycles. The zero-order chi connectivity index (χ0) is 14.8. The molecule has 2 rings (SSSR count). The molecule has 0 fully saturated rings. The summed E-state index contributed by atoms with van der Waals surface area (Å²) in [5.41, 5.74) is 2.97. The smallest absolute Gasteiger partial charge is 0.206 e. The molecule has 0 saturated carbocycles. The molecule has 0 N–H and O–H groups in total. The van der Waals surface area contributed by atoms with E-state index in [2.05, 4.69) is 0 Å². The van der Waals surface area contributed by atoms with Crippen LogP contribution in [0.25, 0.3) is 0 Å². The Hall–Kier alpha value is -1.36. The molecule has 0 aliphatic carbocycles. The summed E-state index contributed by atoms with van der Waals surface area (Å²) in [6.07, 6.45) is 0. The fourth-order valence-corrected chi connectivity index (χ4v) is 3.15. The Morgan fingerprint density at radius 1 is 0.900 bits per heavy atom. The van der Waals surface area contributed by atoms with Crippen molar-refractivity contribution in [2.75, 3.05) is 0 Å². The average molecular weight is 310 g/mol. The summed E-state index contributed by atoms with van der Waals surface area (Å²) in [5, 5.41) is 0. The molecular formula is C15H16ClNO2S. The number of aryl methyl sites for hydroxylation is 2. The summed E-state index contributed by atoms with van der Waals surface area (Å²) in [5.74, 6) is 0. The Labute approximate surface area is 125 Å². The van der Waals surface area contributed by atoms with Crippen molar-refractivity contribution in [2.45, 2.75) is 25.3 Å². The fourth-order valence-electron chi connectivity index (χ4n) is 1.75. The molecule has 0 aromatic heterocycles. The van der Waals surface area contributed by atoms with E-state index in [9.17, 15) is 8.42 Å². The van der Waals surface area contributed by atoms with Crippen LogP contribution in [0.15, 0.2) is 53.4 Å². The molecule has 0 aliphatic rings. The molecule has 0 unspecified atom stereocenters. The predicted molar refractivity (Wildman–Crippen MR) is 80.9 cm³/mol. The first kappa shape index (κ1) is 15.0. The van der Waals surface area contributed by atoms with Crippen LogP contribution in [0, 0.1) is 13.8 Å². The van der Waals surface area contributed by atoms with Crippen molar-refractivity contribution in [1.29, 1.82) is 0 Å². The molecule has 0 amide bonds. The molecule has 0 bridgehead atoms. The average Bonchev–Trinajstić information content (AvgIpc) is 2.42. The first-order valence-electron chi connectivity index (χ1n) is 6.20. The number of nitrogens with zero attached hydrogens (tertiary/aromatic N) is 1. The van der Waals surface area contributed by atoms with Gasteiger partial charge in [-0.2, -0.15) is 0 Å². The number of halogens is 1. The molecule has 2 aromatic carbocycles. The van der Waals surface area contributed by atoms with Gasteiger partial charge < -0.3 is 0 Å². The Kier molecular flexibility index (Phi) is 4.48. The Bertz CT molecular complexity index is 679. The Morgan fingerprint density at radius 2 is 1.35 bits per heavy atom. The van der Waals surface area contributed by atoms with Gasteiger partial charge in [-0.3, -0.25) is 0 Å². The summed E-state index contributed by atoms with van der Waals surface area (Å²) in [7, 11) is -3.67. The van der Waals surface area contributed by atoms with Gasteiger partial charge in [-0.05, 0) is 43.3 Å². The second kappa shape index (κ2) is 5.95. The minimum absolute atomic E-state index is 0.137. The molecule has 3 nitrogen and oxygen atoms in total. The predicted octanol–water partition coefficient (Wildman–Crippen LogP) is 3.65. The summed E-state index contributed by atoms with van der Waals surface area (Å²) in [6, 6.07) is 14.2. The lowest BCUT2D eigenvalue weighted by Crippen LogP contribution is -2.21. The molecule has 5 heteroatoms. The van der Waals surface area contributed by atoms with Crippen molar-refractivity contribution in [3.05, 3.63) is 65.2 Å². The highest BCUT2D eigenvalue weighted by atomic mass is 35.5. The monoisotopic (exact) mass is 309 g/mol. The third-order valence-electron chi connectivity index (χ3n) is 3.01. The van der Waals surface area contributed by atoms with Gasteiger partial charge in [0.1, 0.15) is 0 Å². The molecule has 2 aromatic rings. The minimum atomic E-state index is -3.67. The molecule has 0 radical (unpaired) electrons. The van der Waals surface area contributed by atoms with E-state index in [1.165, 1.54) is 0 Å². The van der Waals surface area contributed by atoms with Crippen LogP contribution in [0.2, 0.25) is 0 Å². The molecule has 20 heavy (non-hydrogen) atoms. The standard InChI is InChI=1S/C15H16ClNO2S/c1-12-3-7-14(8-4-12)11-17(16)20(18,19)15-9-5-13(2)6-10-15/h3-10H,11H2,1-2H3. The molecule has 0 spiro atoms. The highest BCUT2D eigenvalue weighted by Crippen LogP contribution is 2.21. The third kappa shape index (κ3) is 3.39. The van der Waals surface area contributed by atoms with E-state index >= 15 is 0 Å². The number of sulfonamides is 1. The van der Waals surface area contributed by atoms with Gasteiger partial charge in [0.15, 0.2) is 0 Å². The normalized spacial score (nSPS) is 11.8. The van der Waals surface area contributed by atoms with Crippen molar-refractivity contribution in [3.63, 3.8) is 0 Å². The summed E-state index contributed by atoms with van der Waals surface area (Å²) in [4.78, 5) is 0.199. The quantitative estimate of drug-likeness (QED) is 0.808. The lowest BCUT2D eigenvalue weighted by molar-refractivity contribution is 0.534. The van der Waals surface area contributed by atoms with Crippen LogP contribution in [-0.4, -0.2) is 12.2 Å². The van der Waals surface area contributed by atoms with Crippen LogP contribution in [-0.2, 0) is 16.6 Å². The van der Waals surface area contributed by atoms with Gasteiger partial charge in [0.25, 0.3) is 10.0 Å². The van der Waals surface area contributed by atoms with Crippen molar-refractivity contribution in [3.8, 4) is 0 Å². The summed E-state index contributed by atoms with van der Waals surface area (Å²) in [6.45, 7) is 4.02. The van der Waals surface area contributed by atoms with Crippen molar-refractivity contribution < 1.29 is 8.42 Å². The van der Waals surface area contributed by atoms with Gasteiger partial charge in [0, 0.05) is 0 Å². The van der Waals surface area contributed by atoms with Gasteiger partial charge in [-0.1, -0.05) is 47.5 Å². The topological polar surface area (TPSA) is 37.4 Å². The van der Waals surface area contributed by atoms with Crippen molar-refractivity contribution >= 4 is 21.8 Å². The summed E-state index contributed by atoms with van der Waals surface area (Å²) < 4.78 is 25.5. The maximum atomic E-state index is 12.3. The molecule has 0 aliphatic heterocycles. The van der Waals surface area contributed by atoms with Crippen molar-refractivity contribution in [1.82, 2.24) is 3.82 Å². The van der Waals surface area contributed by atoms with Gasteiger partial charge in [-0.25, -0.2) is 8.42 Å². The lowest BCUT2D eigenvalue weighted by atomic mass is 10.2. The zero-order valence-electron chi connectivity index (χ0n) is 11.4. The Morgan fingerprint density at radius 3 is 1.85 bits per heavy atom. The van der Waals surface area contributed by atoms with Crippen LogP contribution in [0.1, 0.15) is 16.7 Å². The van der Waals surface area contributed by atoms with E-state index in [1.54, 1.807) is 24.3 Å². The molecule has 0 atom stereocenters. The van der Waals surface area contributed by atoms with Gasteiger partial charge in [-0.15, -0.1) is 3.82 Å². The zero-order valence-corrected chi connectivity index (χ0v) is 12.9. The highest BCUT2D eigenvalue weighted by Gasteiger charge is 2.22. The number of hydrogen-bond acceptors (Lipinski definition) is 2. The van der Waals surface area contributed by atoms with Crippen LogP contribution >= 0.6 is 11.8 Å². The van der Waals surface area contributed by atoms with E-state index in [4.69, 9.17) is 11.8 Å². The highest BCUT2D eigenvalue weighted by molar-refractivity contribution is 7.90. The van der Waals surface area contributed by atoms with E-state index < -0.39 is 10.0 Å². The first-order valence-corrected chi connectivity index (χ1v) is 7.98. The van der Waals surface area contributed by atoms with Crippen molar-refractivity contribution in [2.24, 2.45) is 0 Å². The maximum absolute atomic E-state index is 12.3. The summed E-state index contributed by atoms with van der Waals surface area (Å²) >= 11 is 5.97. The van der Waals surface area contributed by atoms with Crippen LogP contribution < -0.4 is 0 Å². The largest absolute Gasteiger partial charge is 0.256 e. The lowest BCUT2D eigenvalue weighted by Gasteiger charge is -2.14. The van der Waals surface area contributed by atoms with Gasteiger partial charge in [0.05, 0.1) is 11.4 Å². The third-order valence-corrected chi connectivity index (χ3v) is 5.19. The van der Waals surface area contributed by atoms with E-state index in [1.807, 2.05) is 38.1 Å². The van der Waals surface area contributed by atoms with E-state index in [0.717, 1.165) is 20.5 Å². The minimum Gasteiger partial charge on any atom is -0.206 e. The Balaban J connectivity index is 2.21. The SMILES string of the molecule is Cc1ccc(CN(Cl)S(=O)(=O)c2ccc(C)cc2)cc1. The first-order chi connectivity index (χ1) is 9.39. The fraction of sp³-hybridized carbons (Fsp3) is 0.200. The molecular weight excluding hydrogens is 294 g/mol. The van der Waals surface area contributed by atoms with Gasteiger partial charge >= 0.3 is 0 Å². The van der Waals surface area contributed by atoms with Gasteiger partial charge in [0.2, 0.25) is 0 Å². The van der Waals surface area contributed by atoms with Crippen LogP contribution in [0.5, 0.6) is 0 Å². The second-order valence-electron chi connectivity index (χ2n) is 4.75. The second-order valence-corrected chi connectivity index (χ2v) is 7.22. The van der Waals surface area contributed by atoms with E-state index in [0.29, 0.717) is 0 Å². The van der Waals surface area contributed by atoms with Crippen LogP contribution in [0.4, 0.5) is 0 Å². The maximum Gasteiger partial charge on any atom is 0.256 e. The molecule has 106 valence electrons. The number of benzene rings is 2.